The largest absolute Gasteiger partial charge is 0.380 e. The summed E-state index contributed by atoms with van der Waals surface area (Å²) in [5, 5.41) is 13.4. The van der Waals surface area contributed by atoms with E-state index in [0.29, 0.717) is 18.1 Å². The molecule has 4 heteroatoms. The van der Waals surface area contributed by atoms with Gasteiger partial charge in [-0.05, 0) is 51.0 Å². The Morgan fingerprint density at radius 2 is 2.11 bits per heavy atom. The van der Waals surface area contributed by atoms with E-state index < -0.39 is 0 Å². The zero-order valence-electron chi connectivity index (χ0n) is 11.9. The molecule has 1 saturated heterocycles. The summed E-state index contributed by atoms with van der Waals surface area (Å²) < 4.78 is 5.49. The summed E-state index contributed by atoms with van der Waals surface area (Å²) in [6, 6.07) is 3.24. The number of likely N-dealkylation sites (tertiary alicyclic amines) is 1. The number of piperidine rings is 1. The number of nitrogens with one attached hydrogen (secondary N) is 1. The molecule has 3 aliphatic rings. The summed E-state index contributed by atoms with van der Waals surface area (Å²) in [5.74, 6) is 0.570. The van der Waals surface area contributed by atoms with Crippen LogP contribution in [0.3, 0.4) is 0 Å². The zero-order valence-corrected chi connectivity index (χ0v) is 11.9. The molecule has 2 unspecified atom stereocenters. The molecule has 0 amide bonds. The van der Waals surface area contributed by atoms with E-state index in [2.05, 4.69) is 16.3 Å². The van der Waals surface area contributed by atoms with Gasteiger partial charge in [-0.3, -0.25) is 10.2 Å². The van der Waals surface area contributed by atoms with Crippen molar-refractivity contribution in [2.24, 2.45) is 5.92 Å². The first kappa shape index (κ1) is 13.4. The molecule has 1 heterocycles. The number of nitrogens with zero attached hydrogens (tertiary/aromatic N) is 2. The Balaban J connectivity index is 1.64. The highest BCUT2D eigenvalue weighted by molar-refractivity contribution is 5.18. The monoisotopic (exact) mass is 263 g/mol. The van der Waals surface area contributed by atoms with Gasteiger partial charge < -0.3 is 4.74 Å². The van der Waals surface area contributed by atoms with Gasteiger partial charge in [0.05, 0.1) is 12.2 Å². The molecule has 0 aromatic rings. The lowest BCUT2D eigenvalue weighted by molar-refractivity contribution is 0.0226. The maximum Gasteiger partial charge on any atom is 0.122 e. The second-order valence-corrected chi connectivity index (χ2v) is 6.51. The minimum absolute atomic E-state index is 0.295. The van der Waals surface area contributed by atoms with Gasteiger partial charge in [-0.25, -0.2) is 0 Å². The van der Waals surface area contributed by atoms with Crippen molar-refractivity contribution < 1.29 is 4.74 Å². The maximum atomic E-state index is 9.75. The van der Waals surface area contributed by atoms with Gasteiger partial charge in [0.15, 0.2) is 0 Å². The van der Waals surface area contributed by atoms with Crippen LogP contribution in [0.15, 0.2) is 0 Å². The molecule has 0 aromatic heterocycles. The third-order valence-electron chi connectivity index (χ3n) is 4.78. The lowest BCUT2D eigenvalue weighted by atomic mass is 9.92. The summed E-state index contributed by atoms with van der Waals surface area (Å²) in [6.07, 6.45) is 7.63. The van der Waals surface area contributed by atoms with Crippen molar-refractivity contribution in [3.63, 3.8) is 0 Å². The number of hydrogen-bond acceptors (Lipinski definition) is 4. The molecule has 2 aliphatic carbocycles. The highest BCUT2D eigenvalue weighted by Gasteiger charge is 2.49. The molecule has 0 aromatic carbocycles. The van der Waals surface area contributed by atoms with Gasteiger partial charge in [0.25, 0.3) is 0 Å². The van der Waals surface area contributed by atoms with E-state index in [-0.39, 0.29) is 5.54 Å². The maximum absolute atomic E-state index is 9.75. The number of methoxy groups -OCH3 is 1. The van der Waals surface area contributed by atoms with Crippen LogP contribution < -0.4 is 5.32 Å². The highest BCUT2D eigenvalue weighted by Crippen LogP contribution is 2.42. The van der Waals surface area contributed by atoms with Gasteiger partial charge in [0, 0.05) is 26.2 Å². The van der Waals surface area contributed by atoms with Crippen LogP contribution in [0.1, 0.15) is 38.5 Å². The molecule has 3 fully saturated rings. The fourth-order valence-corrected chi connectivity index (χ4v) is 3.32. The van der Waals surface area contributed by atoms with E-state index in [4.69, 9.17) is 4.74 Å². The zero-order chi connectivity index (χ0) is 13.3. The lowest BCUT2D eigenvalue weighted by Crippen LogP contribution is -2.57. The molecule has 2 atom stereocenters. The molecule has 0 bridgehead atoms. The van der Waals surface area contributed by atoms with Crippen molar-refractivity contribution in [1.82, 2.24) is 10.2 Å². The van der Waals surface area contributed by atoms with E-state index in [9.17, 15) is 5.26 Å². The van der Waals surface area contributed by atoms with E-state index in [0.717, 1.165) is 26.1 Å². The van der Waals surface area contributed by atoms with Crippen LogP contribution in [0.4, 0.5) is 0 Å². The Labute approximate surface area is 116 Å². The van der Waals surface area contributed by atoms with Crippen LogP contribution in [0.2, 0.25) is 0 Å². The van der Waals surface area contributed by atoms with Crippen molar-refractivity contribution in [3.8, 4) is 6.07 Å². The average Bonchev–Trinajstić information content (AvgIpc) is 3.30. The van der Waals surface area contributed by atoms with Crippen LogP contribution in [0.5, 0.6) is 0 Å². The van der Waals surface area contributed by atoms with Crippen molar-refractivity contribution >= 4 is 0 Å². The second-order valence-electron chi connectivity index (χ2n) is 6.51. The molecule has 0 radical (unpaired) electrons. The van der Waals surface area contributed by atoms with Crippen molar-refractivity contribution in [1.29, 1.82) is 5.26 Å². The Morgan fingerprint density at radius 3 is 2.68 bits per heavy atom. The number of nitriles is 1. The SMILES string of the molecule is COC1CCCN(CC(C#N)(NC2CC2)C2CC2)C1. The third-order valence-corrected chi connectivity index (χ3v) is 4.78. The standard InChI is InChI=1S/C15H25N3O/c1-19-14-3-2-8-18(9-14)11-15(10-16,12-4-5-12)17-13-6-7-13/h12-14,17H,2-9,11H2,1H3. The van der Waals surface area contributed by atoms with Gasteiger partial charge in [-0.1, -0.05) is 0 Å². The van der Waals surface area contributed by atoms with Gasteiger partial charge in [-0.15, -0.1) is 0 Å². The van der Waals surface area contributed by atoms with Crippen LogP contribution in [-0.4, -0.2) is 49.3 Å². The molecule has 0 spiro atoms. The van der Waals surface area contributed by atoms with Crippen molar-refractivity contribution in [2.45, 2.75) is 56.2 Å². The normalized spacial score (nSPS) is 31.7. The van der Waals surface area contributed by atoms with E-state index in [1.165, 1.54) is 32.1 Å². The minimum Gasteiger partial charge on any atom is -0.380 e. The van der Waals surface area contributed by atoms with Gasteiger partial charge in [0.1, 0.15) is 5.54 Å². The predicted octanol–water partition coefficient (Wildman–Crippen LogP) is 1.52. The van der Waals surface area contributed by atoms with E-state index >= 15 is 0 Å². The van der Waals surface area contributed by atoms with Crippen LogP contribution >= 0.6 is 0 Å². The highest BCUT2D eigenvalue weighted by atomic mass is 16.5. The molecular formula is C15H25N3O. The fraction of sp³-hybridized carbons (Fsp3) is 0.933. The Bertz CT molecular complexity index is 359. The number of rotatable bonds is 6. The Hall–Kier alpha value is -0.630. The van der Waals surface area contributed by atoms with Gasteiger partial charge in [-0.2, -0.15) is 5.26 Å². The molecular weight excluding hydrogens is 238 g/mol. The number of ether oxygens (including phenoxy) is 1. The lowest BCUT2D eigenvalue weighted by Gasteiger charge is -2.38. The molecule has 19 heavy (non-hydrogen) atoms. The Kier molecular flexibility index (Phi) is 3.79. The summed E-state index contributed by atoms with van der Waals surface area (Å²) in [4.78, 5) is 2.44. The Morgan fingerprint density at radius 1 is 1.32 bits per heavy atom. The molecule has 106 valence electrons. The second kappa shape index (κ2) is 5.40. The molecule has 1 aliphatic heterocycles. The summed E-state index contributed by atoms with van der Waals surface area (Å²) in [7, 11) is 1.80. The minimum atomic E-state index is -0.295. The first-order valence-electron chi connectivity index (χ1n) is 7.70. The average molecular weight is 263 g/mol. The fourth-order valence-electron chi connectivity index (χ4n) is 3.32. The topological polar surface area (TPSA) is 48.3 Å². The van der Waals surface area contributed by atoms with Crippen LogP contribution in [0.25, 0.3) is 0 Å². The quantitative estimate of drug-likeness (QED) is 0.789. The van der Waals surface area contributed by atoms with Crippen LogP contribution in [0, 0.1) is 17.2 Å². The third kappa shape index (κ3) is 3.10. The first-order chi connectivity index (χ1) is 9.25. The van der Waals surface area contributed by atoms with Crippen molar-refractivity contribution in [3.05, 3.63) is 0 Å². The summed E-state index contributed by atoms with van der Waals surface area (Å²) >= 11 is 0. The smallest absolute Gasteiger partial charge is 0.122 e. The van der Waals surface area contributed by atoms with E-state index in [1.807, 2.05) is 0 Å². The predicted molar refractivity (Wildman–Crippen MR) is 73.7 cm³/mol. The first-order valence-corrected chi connectivity index (χ1v) is 7.70. The summed E-state index contributed by atoms with van der Waals surface area (Å²) in [5.41, 5.74) is -0.295. The van der Waals surface area contributed by atoms with Gasteiger partial charge in [0.2, 0.25) is 0 Å². The molecule has 3 rings (SSSR count). The van der Waals surface area contributed by atoms with E-state index in [1.54, 1.807) is 7.11 Å². The van der Waals surface area contributed by atoms with Crippen LogP contribution in [-0.2, 0) is 4.74 Å². The summed E-state index contributed by atoms with van der Waals surface area (Å²) in [6.45, 7) is 2.98. The molecule has 1 N–H and O–H groups in total. The molecule has 2 saturated carbocycles. The van der Waals surface area contributed by atoms with Gasteiger partial charge >= 0.3 is 0 Å². The van der Waals surface area contributed by atoms with Crippen molar-refractivity contribution in [2.75, 3.05) is 26.7 Å². The number of hydrogen-bond donors (Lipinski definition) is 1. The molecule has 4 nitrogen and oxygen atoms in total.